The van der Waals surface area contributed by atoms with E-state index < -0.39 is 26.6 Å². The van der Waals surface area contributed by atoms with Gasteiger partial charge in [-0.15, -0.1) is 0 Å². The monoisotopic (exact) mass is 591 g/mol. The molecule has 0 bridgehead atoms. The van der Waals surface area contributed by atoms with Crippen molar-refractivity contribution in [1.29, 1.82) is 0 Å². The van der Waals surface area contributed by atoms with E-state index in [0.29, 0.717) is 17.9 Å². The van der Waals surface area contributed by atoms with Crippen LogP contribution in [0.3, 0.4) is 0 Å². The zero-order chi connectivity index (χ0) is 29.6. The van der Waals surface area contributed by atoms with Gasteiger partial charge < -0.3 is 5.73 Å². The molecule has 0 spiro atoms. The van der Waals surface area contributed by atoms with Gasteiger partial charge in [-0.05, 0) is 61.1 Å². The van der Waals surface area contributed by atoms with Crippen LogP contribution in [0.25, 0.3) is 21.8 Å². The summed E-state index contributed by atoms with van der Waals surface area (Å²) in [7, 11) is -5.52. The molecule has 0 aliphatic rings. The molecule has 12 heteroatoms. The van der Waals surface area contributed by atoms with Crippen molar-refractivity contribution in [2.24, 2.45) is 0 Å². The minimum Gasteiger partial charge on any atom is -0.0472 e. The number of aromatic nitrogens is 2. The molecule has 0 unspecified atom stereocenters. The average molecular weight is 592 g/mol. The first kappa shape index (κ1) is 30.9. The SMILES string of the molecule is Cc1ccc2c(c1)nc(N)c1ncc(CCc3ccc(OCCOCCOCCC(F)(F)[PH](O)(O)O)cc3C)cc12. The summed E-state index contributed by atoms with van der Waals surface area (Å²) >= 11 is 0. The van der Waals surface area contributed by atoms with Gasteiger partial charge in [0.1, 0.15) is 5.52 Å². The summed E-state index contributed by atoms with van der Waals surface area (Å²) in [5.41, 5.74) is 8.36. The predicted molar refractivity (Wildman–Crippen MR) is 156 cm³/mol. The topological polar surface area (TPSA) is 140 Å². The number of hydrogen-bond donors (Lipinski definition) is 4. The standard InChI is InChI=1S/C29H36F2N3O6P/c1-19-3-8-24-25-17-21(18-33-27(25)28(32)34-26(24)15-19)4-5-22-6-7-23(16-20(22)2)40-14-13-39-12-11-38-10-9-29(30,31)41(35,36)37/h3,6-8,15-18,35-37,41H,4-5,9-14H2,1-2H3,(H2,32,34). The minimum absolute atomic E-state index is 0.0492. The number of rotatable bonds is 14. The molecule has 4 aromatic rings. The van der Waals surface area contributed by atoms with Crippen LogP contribution in [0, 0.1) is 13.8 Å². The third-order valence-electron chi connectivity index (χ3n) is 6.79. The van der Waals surface area contributed by atoms with Crippen LogP contribution in [0.5, 0.6) is 5.75 Å². The molecule has 0 radical (unpaired) electrons. The fourth-order valence-corrected chi connectivity index (χ4v) is 4.86. The van der Waals surface area contributed by atoms with Crippen molar-refractivity contribution in [2.45, 2.75) is 38.8 Å². The Hall–Kier alpha value is -3.05. The van der Waals surface area contributed by atoms with Crippen molar-refractivity contribution in [1.82, 2.24) is 9.97 Å². The van der Waals surface area contributed by atoms with E-state index in [-0.39, 0.29) is 19.8 Å². The summed E-state index contributed by atoms with van der Waals surface area (Å²) in [5.74, 6) is 1.15. The number of nitrogens with zero attached hydrogens (tertiary/aromatic N) is 2. The maximum atomic E-state index is 13.2. The number of nitrogen functional groups attached to an aromatic ring is 1. The van der Waals surface area contributed by atoms with Crippen LogP contribution in [0.1, 0.15) is 28.7 Å². The fraction of sp³-hybridized carbons (Fsp3) is 0.379. The van der Waals surface area contributed by atoms with Crippen molar-refractivity contribution in [3.8, 4) is 5.75 Å². The van der Waals surface area contributed by atoms with E-state index in [2.05, 4.69) is 28.2 Å². The summed E-state index contributed by atoms with van der Waals surface area (Å²) in [6.45, 7) is 4.43. The molecule has 0 amide bonds. The molecule has 2 heterocycles. The number of nitrogens with two attached hydrogens (primary N) is 1. The Morgan fingerprint density at radius 3 is 2.34 bits per heavy atom. The van der Waals surface area contributed by atoms with Crippen molar-refractivity contribution >= 4 is 35.6 Å². The van der Waals surface area contributed by atoms with Gasteiger partial charge in [-0.1, -0.05) is 18.2 Å². The van der Waals surface area contributed by atoms with Crippen LogP contribution >= 0.6 is 7.94 Å². The number of anilines is 1. The zero-order valence-electron chi connectivity index (χ0n) is 23.1. The van der Waals surface area contributed by atoms with Gasteiger partial charge in [0.15, 0.2) is 5.82 Å². The molecule has 0 atom stereocenters. The predicted octanol–water partition coefficient (Wildman–Crippen LogP) is 4.63. The van der Waals surface area contributed by atoms with E-state index in [9.17, 15) is 8.78 Å². The molecule has 222 valence electrons. The first-order valence-electron chi connectivity index (χ1n) is 13.3. The second kappa shape index (κ2) is 13.3. The van der Waals surface area contributed by atoms with Crippen molar-refractivity contribution in [3.05, 3.63) is 70.9 Å². The molecule has 0 saturated heterocycles. The number of ether oxygens (including phenoxy) is 3. The second-order valence-corrected chi connectivity index (χ2v) is 12.0. The zero-order valence-corrected chi connectivity index (χ0v) is 24.1. The Bertz CT molecular complexity index is 1500. The molecule has 2 aromatic carbocycles. The van der Waals surface area contributed by atoms with Crippen LogP contribution in [0.2, 0.25) is 0 Å². The second-order valence-electron chi connectivity index (χ2n) is 10.0. The fourth-order valence-electron chi connectivity index (χ4n) is 4.42. The van der Waals surface area contributed by atoms with Crippen LogP contribution in [-0.4, -0.2) is 63.3 Å². The molecule has 0 fully saturated rings. The van der Waals surface area contributed by atoms with E-state index in [1.165, 1.54) is 5.56 Å². The molecule has 2 aromatic heterocycles. The summed E-state index contributed by atoms with van der Waals surface area (Å²) < 4.78 is 42.6. The van der Waals surface area contributed by atoms with Crippen LogP contribution in [0.15, 0.2) is 48.7 Å². The Labute approximate surface area is 237 Å². The van der Waals surface area contributed by atoms with Gasteiger partial charge >= 0.3 is 109 Å². The van der Waals surface area contributed by atoms with E-state index in [1.54, 1.807) is 0 Å². The number of aryl methyl sites for hydroxylation is 4. The smallest absolute Gasteiger partial charge is 0.0472 e. The first-order valence-corrected chi connectivity index (χ1v) is 15.2. The minimum atomic E-state index is -5.52. The number of alkyl halides is 2. The Kier molecular flexibility index (Phi) is 10.0. The van der Waals surface area contributed by atoms with E-state index in [0.717, 1.165) is 51.6 Å². The Morgan fingerprint density at radius 1 is 0.878 bits per heavy atom. The number of benzene rings is 2. The maximum absolute atomic E-state index is 13.2. The van der Waals surface area contributed by atoms with Crippen molar-refractivity contribution < 1.29 is 37.7 Å². The summed E-state index contributed by atoms with van der Waals surface area (Å²) in [4.78, 5) is 35.3. The quantitative estimate of drug-likeness (QED) is 0.0938. The molecule has 5 N–H and O–H groups in total. The number of fused-ring (bicyclic) bond motifs is 3. The molecular weight excluding hydrogens is 555 g/mol. The molecule has 41 heavy (non-hydrogen) atoms. The molecular formula is C29H36F2N3O6P. The van der Waals surface area contributed by atoms with Gasteiger partial charge in [-0.3, -0.25) is 4.98 Å². The first-order chi connectivity index (χ1) is 19.4. The average Bonchev–Trinajstić information content (AvgIpc) is 2.90. The summed E-state index contributed by atoms with van der Waals surface area (Å²) in [6, 6.07) is 14.3. The van der Waals surface area contributed by atoms with Gasteiger partial charge in [-0.25, -0.2) is 4.98 Å². The molecule has 0 aliphatic heterocycles. The third-order valence-corrected chi connectivity index (χ3v) is 8.02. The third kappa shape index (κ3) is 8.03. The summed E-state index contributed by atoms with van der Waals surface area (Å²) in [5, 5.41) is 2.04. The normalized spacial score (nSPS) is 12.8. The Balaban J connectivity index is 1.21. The van der Waals surface area contributed by atoms with E-state index >= 15 is 0 Å². The van der Waals surface area contributed by atoms with Gasteiger partial charge in [0.2, 0.25) is 0 Å². The van der Waals surface area contributed by atoms with Gasteiger partial charge in [0.25, 0.3) is 0 Å². The van der Waals surface area contributed by atoms with Crippen LogP contribution in [0.4, 0.5) is 14.6 Å². The summed E-state index contributed by atoms with van der Waals surface area (Å²) in [6.07, 6.45) is 2.53. The van der Waals surface area contributed by atoms with E-state index in [1.807, 2.05) is 44.3 Å². The van der Waals surface area contributed by atoms with Gasteiger partial charge in [-0.2, -0.15) is 0 Å². The van der Waals surface area contributed by atoms with Gasteiger partial charge in [0, 0.05) is 17.0 Å². The van der Waals surface area contributed by atoms with Crippen LogP contribution < -0.4 is 10.5 Å². The molecule has 0 saturated carbocycles. The van der Waals surface area contributed by atoms with E-state index in [4.69, 9.17) is 34.6 Å². The van der Waals surface area contributed by atoms with Crippen molar-refractivity contribution in [2.75, 3.05) is 38.8 Å². The molecule has 4 rings (SSSR count). The number of hydrogen-bond acceptors (Lipinski definition) is 9. The molecule has 0 aliphatic carbocycles. The number of halogens is 2. The van der Waals surface area contributed by atoms with Crippen LogP contribution in [-0.2, 0) is 22.3 Å². The number of pyridine rings is 2. The van der Waals surface area contributed by atoms with Crippen molar-refractivity contribution in [3.63, 3.8) is 0 Å². The Morgan fingerprint density at radius 2 is 1.61 bits per heavy atom. The molecule has 9 nitrogen and oxygen atoms in total. The van der Waals surface area contributed by atoms with Gasteiger partial charge in [0.05, 0.1) is 5.52 Å².